The lowest BCUT2D eigenvalue weighted by molar-refractivity contribution is 0.102. The molecule has 6 heteroatoms. The molecule has 0 fully saturated rings. The molecular weight excluding hydrogens is 352 g/mol. The Morgan fingerprint density at radius 1 is 1.48 bits per heavy atom. The number of hydrogen-bond donors (Lipinski definition) is 1. The van der Waals surface area contributed by atoms with Gasteiger partial charge in [-0.25, -0.2) is 0 Å². The van der Waals surface area contributed by atoms with Gasteiger partial charge in [-0.1, -0.05) is 28.1 Å². The molecule has 1 aromatic carbocycles. The molecule has 0 aliphatic rings. The van der Waals surface area contributed by atoms with Crippen LogP contribution in [0.1, 0.15) is 22.2 Å². The highest BCUT2D eigenvalue weighted by Crippen LogP contribution is 2.44. The van der Waals surface area contributed by atoms with Crippen LogP contribution in [0, 0.1) is 0 Å². The Balaban J connectivity index is 2.32. The number of nitrogen functional groups attached to an aromatic ring is 1. The van der Waals surface area contributed by atoms with Crippen LogP contribution in [0.2, 0.25) is 0 Å². The summed E-state index contributed by atoms with van der Waals surface area (Å²) in [6.07, 6.45) is 0. The van der Waals surface area contributed by atoms with Crippen LogP contribution < -0.4 is 15.4 Å². The predicted octanol–water partition coefficient (Wildman–Crippen LogP) is 3.94. The zero-order chi connectivity index (χ0) is 15.6. The van der Waals surface area contributed by atoms with E-state index in [1.165, 1.54) is 18.3 Å². The summed E-state index contributed by atoms with van der Waals surface area (Å²) in [6, 6.07) is 8.09. The number of benzene rings is 1. The minimum atomic E-state index is -0.0436. The Bertz CT molecular complexity index is 670. The Morgan fingerprint density at radius 2 is 2.19 bits per heavy atom. The number of hydrogen-bond acceptors (Lipinski definition) is 5. The molecule has 0 radical (unpaired) electrons. The molecule has 4 nitrogen and oxygen atoms in total. The molecule has 2 N–H and O–H groups in total. The number of ketones is 1. The molecule has 0 spiro atoms. The van der Waals surface area contributed by atoms with E-state index in [-0.39, 0.29) is 5.78 Å². The van der Waals surface area contributed by atoms with Gasteiger partial charge >= 0.3 is 0 Å². The van der Waals surface area contributed by atoms with Gasteiger partial charge in [-0.3, -0.25) is 4.79 Å². The molecule has 0 atom stereocenters. The first-order chi connectivity index (χ1) is 9.93. The maximum Gasteiger partial charge on any atom is 0.177 e. The average Bonchev–Trinajstić information content (AvgIpc) is 2.75. The molecule has 1 aromatic heterocycles. The molecule has 0 saturated carbocycles. The fourth-order valence-corrected chi connectivity index (χ4v) is 3.60. The highest BCUT2D eigenvalue weighted by atomic mass is 79.9. The number of carbonyl (C=O) groups excluding carboxylic acids is 1. The van der Waals surface area contributed by atoms with Crippen molar-refractivity contribution in [2.75, 3.05) is 24.8 Å². The SMILES string of the molecule is COc1c(N(C)Cc2cccc(Br)c2)sc(C(C)=O)c1N. The zero-order valence-corrected chi connectivity index (χ0v) is 14.5. The molecule has 2 aromatic rings. The van der Waals surface area contributed by atoms with E-state index in [1.54, 1.807) is 7.11 Å². The van der Waals surface area contributed by atoms with Gasteiger partial charge in [-0.15, -0.1) is 11.3 Å². The fourth-order valence-electron chi connectivity index (χ4n) is 2.11. The van der Waals surface area contributed by atoms with E-state index in [4.69, 9.17) is 10.5 Å². The van der Waals surface area contributed by atoms with Crippen LogP contribution in [0.3, 0.4) is 0 Å². The van der Waals surface area contributed by atoms with Crippen LogP contribution in [0.15, 0.2) is 28.7 Å². The van der Waals surface area contributed by atoms with Crippen LogP contribution in [-0.2, 0) is 6.54 Å². The molecule has 0 aliphatic carbocycles. The van der Waals surface area contributed by atoms with Gasteiger partial charge in [0.1, 0.15) is 5.00 Å². The van der Waals surface area contributed by atoms with E-state index in [0.29, 0.717) is 22.9 Å². The van der Waals surface area contributed by atoms with Crippen molar-refractivity contribution in [1.29, 1.82) is 0 Å². The molecule has 0 aliphatic heterocycles. The second-order valence-electron chi connectivity index (χ2n) is 4.73. The van der Waals surface area contributed by atoms with E-state index in [2.05, 4.69) is 28.1 Å². The summed E-state index contributed by atoms with van der Waals surface area (Å²) in [4.78, 5) is 14.2. The highest BCUT2D eigenvalue weighted by Gasteiger charge is 2.22. The van der Waals surface area contributed by atoms with Crippen LogP contribution in [-0.4, -0.2) is 19.9 Å². The topological polar surface area (TPSA) is 55.6 Å². The van der Waals surface area contributed by atoms with Crippen LogP contribution in [0.25, 0.3) is 0 Å². The number of nitrogens with two attached hydrogens (primary N) is 1. The number of anilines is 2. The van der Waals surface area contributed by atoms with Gasteiger partial charge in [0.05, 0.1) is 17.7 Å². The maximum absolute atomic E-state index is 11.6. The Morgan fingerprint density at radius 3 is 2.76 bits per heavy atom. The molecule has 1 heterocycles. The third-order valence-electron chi connectivity index (χ3n) is 3.06. The van der Waals surface area contributed by atoms with Crippen molar-refractivity contribution in [2.24, 2.45) is 0 Å². The van der Waals surface area contributed by atoms with E-state index >= 15 is 0 Å². The minimum absolute atomic E-state index is 0.0436. The monoisotopic (exact) mass is 368 g/mol. The number of halogens is 1. The number of ether oxygens (including phenoxy) is 1. The summed E-state index contributed by atoms with van der Waals surface area (Å²) in [6.45, 7) is 2.22. The summed E-state index contributed by atoms with van der Waals surface area (Å²) in [5.41, 5.74) is 7.58. The lowest BCUT2D eigenvalue weighted by atomic mass is 10.2. The summed E-state index contributed by atoms with van der Waals surface area (Å²) in [7, 11) is 3.53. The zero-order valence-electron chi connectivity index (χ0n) is 12.1. The van der Waals surface area contributed by atoms with Gasteiger partial charge in [-0.05, 0) is 17.7 Å². The van der Waals surface area contributed by atoms with Crippen molar-refractivity contribution in [3.05, 3.63) is 39.2 Å². The van der Waals surface area contributed by atoms with Gasteiger partial charge < -0.3 is 15.4 Å². The molecule has 0 unspecified atom stereocenters. The van der Waals surface area contributed by atoms with Crippen molar-refractivity contribution >= 4 is 43.7 Å². The average molecular weight is 369 g/mol. The fraction of sp³-hybridized carbons (Fsp3) is 0.267. The van der Waals surface area contributed by atoms with Crippen molar-refractivity contribution in [3.63, 3.8) is 0 Å². The summed E-state index contributed by atoms with van der Waals surface area (Å²) < 4.78 is 6.41. The summed E-state index contributed by atoms with van der Waals surface area (Å²) in [5, 5.41) is 0.861. The number of rotatable bonds is 5. The van der Waals surface area contributed by atoms with Crippen molar-refractivity contribution in [3.8, 4) is 5.75 Å². The maximum atomic E-state index is 11.6. The molecule has 21 heavy (non-hydrogen) atoms. The standard InChI is InChI=1S/C15H17BrN2O2S/c1-9(19)14-12(17)13(20-3)15(21-14)18(2)8-10-5-4-6-11(16)7-10/h4-7H,8,17H2,1-3H3. The van der Waals surface area contributed by atoms with Crippen molar-refractivity contribution < 1.29 is 9.53 Å². The van der Waals surface area contributed by atoms with Crippen LogP contribution >= 0.6 is 27.3 Å². The van der Waals surface area contributed by atoms with Gasteiger partial charge in [0.15, 0.2) is 11.5 Å². The minimum Gasteiger partial charge on any atom is -0.492 e. The quantitative estimate of drug-likeness (QED) is 0.812. The predicted molar refractivity (Wildman–Crippen MR) is 91.5 cm³/mol. The number of nitrogens with zero attached hydrogens (tertiary/aromatic N) is 1. The number of thiophene rings is 1. The Labute approximate surface area is 136 Å². The number of Topliss-reactive ketones (excluding diaryl/α,β-unsaturated/α-hetero) is 1. The molecule has 0 bridgehead atoms. The third kappa shape index (κ3) is 3.39. The van der Waals surface area contributed by atoms with E-state index in [1.807, 2.05) is 24.1 Å². The lowest BCUT2D eigenvalue weighted by Crippen LogP contribution is -2.15. The van der Waals surface area contributed by atoms with E-state index in [0.717, 1.165) is 15.0 Å². The first-order valence-electron chi connectivity index (χ1n) is 6.36. The van der Waals surface area contributed by atoms with Crippen molar-refractivity contribution in [2.45, 2.75) is 13.5 Å². The highest BCUT2D eigenvalue weighted by molar-refractivity contribution is 9.10. The largest absolute Gasteiger partial charge is 0.492 e. The Hall–Kier alpha value is -1.53. The second-order valence-corrected chi connectivity index (χ2v) is 6.64. The normalized spacial score (nSPS) is 10.5. The molecule has 0 amide bonds. The van der Waals surface area contributed by atoms with Crippen molar-refractivity contribution in [1.82, 2.24) is 0 Å². The first kappa shape index (κ1) is 15.9. The van der Waals surface area contributed by atoms with Crippen LogP contribution in [0.4, 0.5) is 10.7 Å². The van der Waals surface area contributed by atoms with Crippen LogP contribution in [0.5, 0.6) is 5.75 Å². The summed E-state index contributed by atoms with van der Waals surface area (Å²) in [5.74, 6) is 0.528. The van der Waals surface area contributed by atoms with Gasteiger partial charge in [-0.2, -0.15) is 0 Å². The van der Waals surface area contributed by atoms with Gasteiger partial charge in [0, 0.05) is 25.0 Å². The smallest absolute Gasteiger partial charge is 0.177 e. The second kappa shape index (κ2) is 6.49. The molecule has 2 rings (SSSR count). The lowest BCUT2D eigenvalue weighted by Gasteiger charge is -2.19. The van der Waals surface area contributed by atoms with E-state index in [9.17, 15) is 4.79 Å². The summed E-state index contributed by atoms with van der Waals surface area (Å²) >= 11 is 4.83. The van der Waals surface area contributed by atoms with E-state index < -0.39 is 0 Å². The first-order valence-corrected chi connectivity index (χ1v) is 7.97. The van der Waals surface area contributed by atoms with Gasteiger partial charge in [0.25, 0.3) is 0 Å². The molecular formula is C15H17BrN2O2S. The third-order valence-corrected chi connectivity index (χ3v) is 4.96. The number of carbonyl (C=O) groups is 1. The molecule has 0 saturated heterocycles. The molecule has 112 valence electrons. The Kier molecular flexibility index (Phi) is 4.90. The number of methoxy groups -OCH3 is 1. The van der Waals surface area contributed by atoms with Gasteiger partial charge in [0.2, 0.25) is 0 Å².